The molecule has 0 bridgehead atoms. The number of aromatic nitrogens is 3. The summed E-state index contributed by atoms with van der Waals surface area (Å²) < 4.78 is 16.2. The largest absolute Gasteiger partial charge is 0.330 e. The van der Waals surface area contributed by atoms with Crippen molar-refractivity contribution >= 4 is 34.6 Å². The van der Waals surface area contributed by atoms with Crippen molar-refractivity contribution in [2.24, 2.45) is 0 Å². The molecule has 0 aliphatic rings. The van der Waals surface area contributed by atoms with Crippen LogP contribution in [0.4, 0.5) is 4.39 Å². The molecule has 3 rings (SSSR count). The summed E-state index contributed by atoms with van der Waals surface area (Å²) in [5.74, 6) is -0.212. The number of hydrogen-bond donors (Lipinski definition) is 1. The van der Waals surface area contributed by atoms with Gasteiger partial charge in [-0.2, -0.15) is 0 Å². The molecule has 0 saturated heterocycles. The lowest BCUT2D eigenvalue weighted by molar-refractivity contribution is 0.620. The van der Waals surface area contributed by atoms with Crippen LogP contribution in [0.5, 0.6) is 0 Å². The predicted octanol–water partition coefficient (Wildman–Crippen LogP) is 4.15. The van der Waals surface area contributed by atoms with Gasteiger partial charge in [0.15, 0.2) is 4.77 Å². The van der Waals surface area contributed by atoms with Gasteiger partial charge in [-0.15, -0.1) is 11.3 Å². The molecule has 3 aromatic rings. The van der Waals surface area contributed by atoms with Crippen LogP contribution in [-0.4, -0.2) is 14.5 Å². The van der Waals surface area contributed by atoms with Crippen LogP contribution in [0, 0.1) is 24.4 Å². The number of nitrogens with one attached hydrogen (secondary N) is 1. The van der Waals surface area contributed by atoms with Gasteiger partial charge in [0.05, 0.1) is 21.7 Å². The molecule has 2 heterocycles. The predicted molar refractivity (Wildman–Crippen MR) is 82.4 cm³/mol. The fourth-order valence-corrected chi connectivity index (χ4v) is 3.20. The summed E-state index contributed by atoms with van der Waals surface area (Å²) in [6.07, 6.45) is 0.821. The number of thiazole rings is 1. The molecule has 0 aliphatic carbocycles. The molecule has 6 heteroatoms. The molecule has 20 heavy (non-hydrogen) atoms. The molecule has 1 aromatic carbocycles. The first-order chi connectivity index (χ1) is 9.54. The second kappa shape index (κ2) is 5.10. The molecule has 0 atom stereocenters. The fourth-order valence-electron chi connectivity index (χ4n) is 2.25. The smallest absolute Gasteiger partial charge is 0.178 e. The molecular formula is C14H14FN3S2. The number of aromatic amines is 1. The van der Waals surface area contributed by atoms with Crippen molar-refractivity contribution in [3.8, 4) is 0 Å². The number of nitrogens with zero attached hydrogens (tertiary/aromatic N) is 2. The lowest BCUT2D eigenvalue weighted by atomic mass is 10.2. The van der Waals surface area contributed by atoms with E-state index in [0.29, 0.717) is 10.3 Å². The van der Waals surface area contributed by atoms with Gasteiger partial charge in [0.1, 0.15) is 5.82 Å². The first kappa shape index (κ1) is 13.5. The van der Waals surface area contributed by atoms with Crippen LogP contribution < -0.4 is 0 Å². The number of benzene rings is 1. The first-order valence-electron chi connectivity index (χ1n) is 6.34. The van der Waals surface area contributed by atoms with Crippen LogP contribution >= 0.6 is 23.6 Å². The van der Waals surface area contributed by atoms with Crippen molar-refractivity contribution in [3.63, 3.8) is 0 Å². The van der Waals surface area contributed by atoms with Crippen LogP contribution in [0.2, 0.25) is 0 Å². The minimum absolute atomic E-state index is 0.212. The van der Waals surface area contributed by atoms with Crippen molar-refractivity contribution in [2.45, 2.75) is 26.8 Å². The number of hydrogen-bond acceptors (Lipinski definition) is 3. The zero-order valence-electron chi connectivity index (χ0n) is 11.2. The van der Waals surface area contributed by atoms with Gasteiger partial charge in [0, 0.05) is 18.3 Å². The Morgan fingerprint density at radius 3 is 2.90 bits per heavy atom. The van der Waals surface area contributed by atoms with E-state index in [9.17, 15) is 4.39 Å². The van der Waals surface area contributed by atoms with Gasteiger partial charge in [-0.25, -0.2) is 9.37 Å². The minimum Gasteiger partial charge on any atom is -0.330 e. The summed E-state index contributed by atoms with van der Waals surface area (Å²) in [5.41, 5.74) is 3.39. The van der Waals surface area contributed by atoms with E-state index in [1.54, 1.807) is 18.3 Å². The molecule has 2 aromatic heterocycles. The van der Waals surface area contributed by atoms with Crippen molar-refractivity contribution in [1.29, 1.82) is 0 Å². The SMILES string of the molecule is Cc1nc(CCn2c(=S)[nH]c3cc(F)c(C)cc32)cs1. The Kier molecular flexibility index (Phi) is 3.43. The molecule has 3 nitrogen and oxygen atoms in total. The highest BCUT2D eigenvalue weighted by atomic mass is 32.1. The maximum atomic E-state index is 13.6. The molecular weight excluding hydrogens is 293 g/mol. The van der Waals surface area contributed by atoms with E-state index in [4.69, 9.17) is 12.2 Å². The topological polar surface area (TPSA) is 33.6 Å². The van der Waals surface area contributed by atoms with Gasteiger partial charge < -0.3 is 9.55 Å². The fraction of sp³-hybridized carbons (Fsp3) is 0.286. The maximum Gasteiger partial charge on any atom is 0.178 e. The van der Waals surface area contributed by atoms with E-state index < -0.39 is 0 Å². The van der Waals surface area contributed by atoms with Gasteiger partial charge in [0.2, 0.25) is 0 Å². The Hall–Kier alpha value is -1.53. The van der Waals surface area contributed by atoms with E-state index in [0.717, 1.165) is 34.7 Å². The second-order valence-corrected chi connectivity index (χ2v) is 6.26. The summed E-state index contributed by atoms with van der Waals surface area (Å²) >= 11 is 6.98. The van der Waals surface area contributed by atoms with Crippen LogP contribution in [0.3, 0.4) is 0 Å². The van der Waals surface area contributed by atoms with Gasteiger partial charge in [-0.05, 0) is 43.8 Å². The highest BCUT2D eigenvalue weighted by Gasteiger charge is 2.08. The van der Waals surface area contributed by atoms with E-state index in [2.05, 4.69) is 15.3 Å². The van der Waals surface area contributed by atoms with E-state index >= 15 is 0 Å². The van der Waals surface area contributed by atoms with Crippen molar-refractivity contribution in [2.75, 3.05) is 0 Å². The molecule has 0 saturated carbocycles. The van der Waals surface area contributed by atoms with Crippen LogP contribution in [0.15, 0.2) is 17.5 Å². The highest BCUT2D eigenvalue weighted by Crippen LogP contribution is 2.19. The second-order valence-electron chi connectivity index (χ2n) is 4.81. The molecule has 0 fully saturated rings. The Morgan fingerprint density at radius 1 is 1.40 bits per heavy atom. The number of fused-ring (bicyclic) bond motifs is 1. The molecule has 0 spiro atoms. The number of H-pyrrole nitrogens is 1. The van der Waals surface area contributed by atoms with Gasteiger partial charge in [0.25, 0.3) is 0 Å². The quantitative estimate of drug-likeness (QED) is 0.737. The van der Waals surface area contributed by atoms with E-state index in [-0.39, 0.29) is 5.82 Å². The molecule has 1 N–H and O–H groups in total. The third-order valence-corrected chi connectivity index (χ3v) is 4.46. The van der Waals surface area contributed by atoms with Gasteiger partial charge in [-0.3, -0.25) is 0 Å². The van der Waals surface area contributed by atoms with Crippen LogP contribution in [-0.2, 0) is 13.0 Å². The molecule has 0 radical (unpaired) electrons. The Morgan fingerprint density at radius 2 is 2.20 bits per heavy atom. The summed E-state index contributed by atoms with van der Waals surface area (Å²) in [4.78, 5) is 7.51. The summed E-state index contributed by atoms with van der Waals surface area (Å²) in [6, 6.07) is 3.34. The lowest BCUT2D eigenvalue weighted by Crippen LogP contribution is -2.02. The Balaban J connectivity index is 1.96. The monoisotopic (exact) mass is 307 g/mol. The Labute approximate surface area is 125 Å². The van der Waals surface area contributed by atoms with Gasteiger partial charge in [-0.1, -0.05) is 0 Å². The summed E-state index contributed by atoms with van der Waals surface area (Å²) in [5, 5.41) is 3.14. The van der Waals surface area contributed by atoms with Crippen molar-refractivity contribution in [1.82, 2.24) is 14.5 Å². The maximum absolute atomic E-state index is 13.6. The standard InChI is InChI=1S/C14H14FN3S2/c1-8-5-13-12(6-11(8)15)17-14(19)18(13)4-3-10-7-20-9(2)16-10/h5-7H,3-4H2,1-2H3,(H,17,19). The highest BCUT2D eigenvalue weighted by molar-refractivity contribution is 7.71. The Bertz CT molecular complexity index is 829. The molecule has 104 valence electrons. The minimum atomic E-state index is -0.212. The average molecular weight is 307 g/mol. The molecule has 0 amide bonds. The lowest BCUT2D eigenvalue weighted by Gasteiger charge is -2.04. The van der Waals surface area contributed by atoms with Crippen molar-refractivity contribution < 1.29 is 4.39 Å². The van der Waals surface area contributed by atoms with E-state index in [1.165, 1.54) is 6.07 Å². The normalized spacial score (nSPS) is 11.3. The number of rotatable bonds is 3. The zero-order valence-corrected chi connectivity index (χ0v) is 12.9. The van der Waals surface area contributed by atoms with Crippen LogP contribution in [0.1, 0.15) is 16.3 Å². The average Bonchev–Trinajstić information content (AvgIpc) is 2.92. The summed E-state index contributed by atoms with van der Waals surface area (Å²) in [7, 11) is 0. The van der Waals surface area contributed by atoms with Crippen molar-refractivity contribution in [3.05, 3.63) is 44.4 Å². The number of aryl methyl sites for hydroxylation is 4. The third-order valence-electron chi connectivity index (χ3n) is 3.31. The molecule has 0 aliphatic heterocycles. The van der Waals surface area contributed by atoms with Crippen LogP contribution in [0.25, 0.3) is 11.0 Å². The number of halogens is 1. The zero-order chi connectivity index (χ0) is 14.3. The van der Waals surface area contributed by atoms with E-state index in [1.807, 2.05) is 17.6 Å². The van der Waals surface area contributed by atoms with Gasteiger partial charge >= 0.3 is 0 Å². The number of imidazole rings is 1. The third kappa shape index (κ3) is 2.41. The molecule has 0 unspecified atom stereocenters. The first-order valence-corrected chi connectivity index (χ1v) is 7.63. The summed E-state index contributed by atoms with van der Waals surface area (Å²) in [6.45, 7) is 4.50.